The summed E-state index contributed by atoms with van der Waals surface area (Å²) in [5.74, 6) is -1.29. The molecule has 124 valence electrons. The lowest BCUT2D eigenvalue weighted by molar-refractivity contribution is -0.149. The van der Waals surface area contributed by atoms with Crippen molar-refractivity contribution in [3.63, 3.8) is 0 Å². The second-order valence-electron chi connectivity index (χ2n) is 5.98. The number of amides is 1. The molecule has 1 aliphatic rings. The zero-order valence-corrected chi connectivity index (χ0v) is 13.4. The predicted molar refractivity (Wildman–Crippen MR) is 87.8 cm³/mol. The van der Waals surface area contributed by atoms with E-state index in [9.17, 15) is 14.0 Å². The number of nitrogens with zero attached hydrogens (tertiary/aromatic N) is 1. The van der Waals surface area contributed by atoms with Gasteiger partial charge in [0, 0.05) is 18.7 Å². The maximum Gasteiger partial charge on any atom is 0.311 e. The summed E-state index contributed by atoms with van der Waals surface area (Å²) in [7, 11) is 0. The van der Waals surface area contributed by atoms with Crippen molar-refractivity contribution in [3.8, 4) is 0 Å². The summed E-state index contributed by atoms with van der Waals surface area (Å²) in [5, 5.41) is 0. The van der Waals surface area contributed by atoms with Crippen LogP contribution in [-0.4, -0.2) is 18.4 Å². The van der Waals surface area contributed by atoms with Gasteiger partial charge in [-0.05, 0) is 36.8 Å². The summed E-state index contributed by atoms with van der Waals surface area (Å²) >= 11 is 0. The molecule has 0 spiro atoms. The fourth-order valence-corrected chi connectivity index (χ4v) is 2.69. The maximum atomic E-state index is 12.9. The highest BCUT2D eigenvalue weighted by Crippen LogP contribution is 2.26. The van der Waals surface area contributed by atoms with Crippen LogP contribution >= 0.6 is 0 Å². The summed E-state index contributed by atoms with van der Waals surface area (Å²) in [5.41, 5.74) is 2.62. The Morgan fingerprint density at radius 1 is 1.17 bits per heavy atom. The van der Waals surface area contributed by atoms with Crippen LogP contribution in [0.5, 0.6) is 0 Å². The molecule has 0 radical (unpaired) electrons. The van der Waals surface area contributed by atoms with Crippen LogP contribution in [0, 0.1) is 18.7 Å². The van der Waals surface area contributed by atoms with Gasteiger partial charge in [-0.1, -0.05) is 29.8 Å². The zero-order valence-electron chi connectivity index (χ0n) is 13.4. The van der Waals surface area contributed by atoms with Gasteiger partial charge in [0.05, 0.1) is 5.92 Å². The van der Waals surface area contributed by atoms with Crippen molar-refractivity contribution in [3.05, 3.63) is 65.5 Å². The molecule has 1 atom stereocenters. The van der Waals surface area contributed by atoms with Crippen LogP contribution in [0.25, 0.3) is 0 Å². The van der Waals surface area contributed by atoms with Gasteiger partial charge in [-0.25, -0.2) is 4.39 Å². The number of carbonyl (C=O) groups is 2. The highest BCUT2D eigenvalue weighted by atomic mass is 19.1. The second kappa shape index (κ2) is 6.83. The predicted octanol–water partition coefficient (Wildman–Crippen LogP) is 3.23. The van der Waals surface area contributed by atoms with Gasteiger partial charge in [-0.3, -0.25) is 9.59 Å². The first-order valence-electron chi connectivity index (χ1n) is 7.81. The minimum Gasteiger partial charge on any atom is -0.461 e. The van der Waals surface area contributed by atoms with Crippen molar-refractivity contribution in [1.82, 2.24) is 0 Å². The van der Waals surface area contributed by atoms with Crippen LogP contribution in [0.4, 0.5) is 10.1 Å². The van der Waals surface area contributed by atoms with E-state index in [-0.39, 0.29) is 24.8 Å². The molecule has 0 bridgehead atoms. The third-order valence-corrected chi connectivity index (χ3v) is 4.10. The van der Waals surface area contributed by atoms with E-state index in [1.807, 2.05) is 31.2 Å². The lowest BCUT2D eigenvalue weighted by atomic mass is 10.1. The van der Waals surface area contributed by atoms with Crippen LogP contribution in [-0.2, 0) is 20.9 Å². The minimum atomic E-state index is -0.473. The molecule has 5 heteroatoms. The molecular formula is C19H18FNO3. The van der Waals surface area contributed by atoms with Crippen molar-refractivity contribution in [2.45, 2.75) is 20.0 Å². The highest BCUT2D eigenvalue weighted by molar-refractivity contribution is 5.99. The molecule has 2 aromatic rings. The van der Waals surface area contributed by atoms with E-state index in [1.54, 1.807) is 17.0 Å². The monoisotopic (exact) mass is 327 g/mol. The average Bonchev–Trinajstić information content (AvgIpc) is 2.97. The van der Waals surface area contributed by atoms with E-state index in [0.29, 0.717) is 12.1 Å². The van der Waals surface area contributed by atoms with Gasteiger partial charge in [0.25, 0.3) is 0 Å². The lowest BCUT2D eigenvalue weighted by Gasteiger charge is -2.16. The zero-order chi connectivity index (χ0) is 17.1. The Hall–Kier alpha value is -2.69. The van der Waals surface area contributed by atoms with Gasteiger partial charge in [0.15, 0.2) is 0 Å². The van der Waals surface area contributed by atoms with E-state index in [2.05, 4.69) is 0 Å². The molecule has 1 saturated heterocycles. The van der Waals surface area contributed by atoms with Crippen LogP contribution < -0.4 is 4.90 Å². The molecule has 1 aliphatic heterocycles. The summed E-state index contributed by atoms with van der Waals surface area (Å²) in [6, 6.07) is 13.4. The summed E-state index contributed by atoms with van der Waals surface area (Å²) < 4.78 is 18.1. The molecule has 0 N–H and O–H groups in total. The molecular weight excluding hydrogens is 309 g/mol. The number of ether oxygens (including phenoxy) is 1. The molecule has 0 aromatic heterocycles. The van der Waals surface area contributed by atoms with Crippen molar-refractivity contribution < 1.29 is 18.7 Å². The minimum absolute atomic E-state index is 0.0777. The van der Waals surface area contributed by atoms with Crippen molar-refractivity contribution in [2.75, 3.05) is 11.4 Å². The molecule has 1 fully saturated rings. The van der Waals surface area contributed by atoms with Gasteiger partial charge in [0.2, 0.25) is 5.91 Å². The Labute approximate surface area is 139 Å². The number of hydrogen-bond acceptors (Lipinski definition) is 3. The topological polar surface area (TPSA) is 46.6 Å². The third-order valence-electron chi connectivity index (χ3n) is 4.10. The molecule has 24 heavy (non-hydrogen) atoms. The largest absolute Gasteiger partial charge is 0.461 e. The Morgan fingerprint density at radius 2 is 1.83 bits per heavy atom. The van der Waals surface area contributed by atoms with E-state index >= 15 is 0 Å². The van der Waals surface area contributed by atoms with E-state index in [0.717, 1.165) is 11.3 Å². The average molecular weight is 327 g/mol. The van der Waals surface area contributed by atoms with E-state index in [4.69, 9.17) is 4.74 Å². The van der Waals surface area contributed by atoms with Crippen LogP contribution in [0.1, 0.15) is 17.5 Å². The molecule has 1 amide bonds. The number of carbonyl (C=O) groups excluding carboxylic acids is 2. The smallest absolute Gasteiger partial charge is 0.311 e. The fourth-order valence-electron chi connectivity index (χ4n) is 2.69. The molecule has 0 saturated carbocycles. The molecule has 0 aliphatic carbocycles. The third kappa shape index (κ3) is 3.62. The Morgan fingerprint density at radius 3 is 2.50 bits per heavy atom. The number of rotatable bonds is 4. The Bertz CT molecular complexity index is 740. The highest BCUT2D eigenvalue weighted by Gasteiger charge is 2.36. The first-order valence-corrected chi connectivity index (χ1v) is 7.81. The normalized spacial score (nSPS) is 17.2. The van der Waals surface area contributed by atoms with E-state index in [1.165, 1.54) is 12.1 Å². The van der Waals surface area contributed by atoms with Gasteiger partial charge < -0.3 is 9.64 Å². The van der Waals surface area contributed by atoms with Crippen LogP contribution in [0.2, 0.25) is 0 Å². The van der Waals surface area contributed by atoms with Gasteiger partial charge in [0.1, 0.15) is 12.4 Å². The fraction of sp³-hybridized carbons (Fsp3) is 0.263. The number of anilines is 1. The summed E-state index contributed by atoms with van der Waals surface area (Å²) in [6.45, 7) is 2.38. The molecule has 2 aromatic carbocycles. The standard InChI is InChI=1S/C19H18FNO3/c1-13-2-8-17(9-3-13)21-11-15(10-18(21)22)19(23)24-12-14-4-6-16(20)7-5-14/h2-9,15H,10-12H2,1H3/t15-/m1/s1. The molecule has 0 unspecified atom stereocenters. The summed E-state index contributed by atoms with van der Waals surface area (Å²) in [6.07, 6.45) is 0.149. The van der Waals surface area contributed by atoms with Gasteiger partial charge in [-0.15, -0.1) is 0 Å². The van der Waals surface area contributed by atoms with Crippen LogP contribution in [0.15, 0.2) is 48.5 Å². The number of hydrogen-bond donors (Lipinski definition) is 0. The van der Waals surface area contributed by atoms with Crippen molar-refractivity contribution in [1.29, 1.82) is 0 Å². The van der Waals surface area contributed by atoms with Gasteiger partial charge in [-0.2, -0.15) is 0 Å². The number of halogens is 1. The lowest BCUT2D eigenvalue weighted by Crippen LogP contribution is -2.26. The first-order chi connectivity index (χ1) is 11.5. The van der Waals surface area contributed by atoms with E-state index < -0.39 is 11.9 Å². The number of aryl methyl sites for hydroxylation is 1. The quantitative estimate of drug-likeness (QED) is 0.810. The summed E-state index contributed by atoms with van der Waals surface area (Å²) in [4.78, 5) is 26.0. The SMILES string of the molecule is Cc1ccc(N2C[C@H](C(=O)OCc3ccc(F)cc3)CC2=O)cc1. The number of esters is 1. The van der Waals surface area contributed by atoms with Crippen LogP contribution in [0.3, 0.4) is 0 Å². The maximum absolute atomic E-state index is 12.9. The second-order valence-corrected chi connectivity index (χ2v) is 5.98. The Balaban J connectivity index is 1.59. The molecule has 3 rings (SSSR count). The molecule has 4 nitrogen and oxygen atoms in total. The Kier molecular flexibility index (Phi) is 4.60. The van der Waals surface area contributed by atoms with Crippen molar-refractivity contribution in [2.24, 2.45) is 5.92 Å². The van der Waals surface area contributed by atoms with Gasteiger partial charge >= 0.3 is 5.97 Å². The van der Waals surface area contributed by atoms with Crippen molar-refractivity contribution >= 4 is 17.6 Å². The first kappa shape index (κ1) is 16.2. The molecule has 1 heterocycles. The number of benzene rings is 2.